The molecule has 2 aliphatic rings. The molecule has 5 nitrogen and oxygen atoms in total. The molecule has 0 saturated carbocycles. The highest BCUT2D eigenvalue weighted by molar-refractivity contribution is 6.30. The van der Waals surface area contributed by atoms with Crippen LogP contribution < -0.4 is 10.6 Å². The van der Waals surface area contributed by atoms with Crippen molar-refractivity contribution < 1.29 is 4.79 Å². The highest BCUT2D eigenvalue weighted by atomic mass is 35.5. The van der Waals surface area contributed by atoms with Crippen LogP contribution in [0.1, 0.15) is 17.5 Å². The van der Waals surface area contributed by atoms with Crippen molar-refractivity contribution >= 4 is 29.0 Å². The molecule has 2 heterocycles. The summed E-state index contributed by atoms with van der Waals surface area (Å²) in [5.41, 5.74) is 4.84. The molecule has 0 bridgehead atoms. The predicted molar refractivity (Wildman–Crippen MR) is 111 cm³/mol. The average Bonchev–Trinajstić information content (AvgIpc) is 3.02. The van der Waals surface area contributed by atoms with Crippen molar-refractivity contribution in [3.63, 3.8) is 0 Å². The van der Waals surface area contributed by atoms with Gasteiger partial charge in [0.2, 0.25) is 0 Å². The van der Waals surface area contributed by atoms with E-state index in [0.717, 1.165) is 57.8 Å². The van der Waals surface area contributed by atoms with E-state index < -0.39 is 0 Å². The van der Waals surface area contributed by atoms with E-state index in [9.17, 15) is 4.79 Å². The van der Waals surface area contributed by atoms with Gasteiger partial charge in [-0.05, 0) is 42.2 Å². The van der Waals surface area contributed by atoms with Crippen molar-refractivity contribution in [1.82, 2.24) is 9.80 Å². The minimum absolute atomic E-state index is 0.0543. The summed E-state index contributed by atoms with van der Waals surface area (Å²) in [5, 5.41) is 7.10. The number of nitrogens with one attached hydrogen (secondary N) is 2. The second-order valence-electron chi connectivity index (χ2n) is 7.19. The molecule has 2 N–H and O–H groups in total. The third-order valence-corrected chi connectivity index (χ3v) is 5.51. The molecule has 2 aliphatic heterocycles. The Morgan fingerprint density at radius 3 is 2.89 bits per heavy atom. The molecule has 2 aromatic carbocycles. The number of anilines is 2. The van der Waals surface area contributed by atoms with Gasteiger partial charge in [0, 0.05) is 55.7 Å². The van der Waals surface area contributed by atoms with E-state index in [0.29, 0.717) is 5.02 Å². The van der Waals surface area contributed by atoms with E-state index in [1.54, 1.807) is 12.1 Å². The largest absolute Gasteiger partial charge is 0.384 e. The number of rotatable bonds is 3. The maximum Gasteiger partial charge on any atom is 0.321 e. The van der Waals surface area contributed by atoms with Crippen molar-refractivity contribution in [2.75, 3.05) is 43.4 Å². The summed E-state index contributed by atoms with van der Waals surface area (Å²) in [4.78, 5) is 16.9. The summed E-state index contributed by atoms with van der Waals surface area (Å²) >= 11 is 6.00. The minimum Gasteiger partial charge on any atom is -0.384 e. The number of hydrogen-bond acceptors (Lipinski definition) is 3. The highest BCUT2D eigenvalue weighted by Gasteiger charge is 2.21. The summed E-state index contributed by atoms with van der Waals surface area (Å²) in [7, 11) is 0. The van der Waals surface area contributed by atoms with Crippen LogP contribution in [0.25, 0.3) is 0 Å². The van der Waals surface area contributed by atoms with Crippen LogP contribution in [0.5, 0.6) is 0 Å². The molecule has 0 unspecified atom stereocenters. The predicted octanol–water partition coefficient (Wildman–Crippen LogP) is 4.05. The molecule has 2 aromatic rings. The van der Waals surface area contributed by atoms with E-state index in [4.69, 9.17) is 11.6 Å². The van der Waals surface area contributed by atoms with Crippen molar-refractivity contribution in [2.24, 2.45) is 0 Å². The Balaban J connectivity index is 1.35. The molecule has 4 rings (SSSR count). The topological polar surface area (TPSA) is 47.6 Å². The Kier molecular flexibility index (Phi) is 5.50. The second kappa shape index (κ2) is 8.19. The lowest BCUT2D eigenvalue weighted by atomic mass is 10.1. The maximum absolute atomic E-state index is 12.6. The van der Waals surface area contributed by atoms with Gasteiger partial charge >= 0.3 is 6.03 Å². The lowest BCUT2D eigenvalue weighted by Crippen LogP contribution is -2.38. The fourth-order valence-corrected chi connectivity index (χ4v) is 4.07. The van der Waals surface area contributed by atoms with Crippen LogP contribution in [0.3, 0.4) is 0 Å². The fraction of sp³-hybridized carbons (Fsp3) is 0.381. The summed E-state index contributed by atoms with van der Waals surface area (Å²) in [6.45, 7) is 5.35. The monoisotopic (exact) mass is 384 g/mol. The van der Waals surface area contributed by atoms with Gasteiger partial charge in [0.05, 0.1) is 0 Å². The van der Waals surface area contributed by atoms with Gasteiger partial charge in [-0.1, -0.05) is 35.9 Å². The van der Waals surface area contributed by atoms with Gasteiger partial charge in [-0.3, -0.25) is 4.90 Å². The first-order valence-electron chi connectivity index (χ1n) is 9.57. The molecule has 142 valence electrons. The van der Waals surface area contributed by atoms with Gasteiger partial charge < -0.3 is 15.5 Å². The normalized spacial score (nSPS) is 17.1. The van der Waals surface area contributed by atoms with Crippen molar-refractivity contribution in [2.45, 2.75) is 19.4 Å². The van der Waals surface area contributed by atoms with Gasteiger partial charge in [0.1, 0.15) is 0 Å². The van der Waals surface area contributed by atoms with Gasteiger partial charge in [-0.2, -0.15) is 0 Å². The number of amides is 2. The molecule has 0 atom stereocenters. The van der Waals surface area contributed by atoms with Crippen molar-refractivity contribution in [3.8, 4) is 0 Å². The SMILES string of the molecule is O=C(Nc1cccc(Cl)c1)N1CCCN(Cc2cccc3c2NCC3)CC1. The zero-order chi connectivity index (χ0) is 18.6. The summed E-state index contributed by atoms with van der Waals surface area (Å²) in [6, 6.07) is 13.8. The number of nitrogens with zero attached hydrogens (tertiary/aromatic N) is 2. The smallest absolute Gasteiger partial charge is 0.321 e. The number of carbonyl (C=O) groups is 1. The first-order valence-corrected chi connectivity index (χ1v) is 9.95. The van der Waals surface area contributed by atoms with Crippen LogP contribution in [-0.4, -0.2) is 48.6 Å². The van der Waals surface area contributed by atoms with Gasteiger partial charge in [0.25, 0.3) is 0 Å². The molecular weight excluding hydrogens is 360 g/mol. The zero-order valence-corrected chi connectivity index (χ0v) is 16.1. The number of benzene rings is 2. The molecule has 2 amide bonds. The maximum atomic E-state index is 12.6. The van der Waals surface area contributed by atoms with E-state index in [1.807, 2.05) is 17.0 Å². The van der Waals surface area contributed by atoms with Crippen LogP contribution in [0.2, 0.25) is 5.02 Å². The number of para-hydroxylation sites is 1. The summed E-state index contributed by atoms with van der Waals surface area (Å²) < 4.78 is 0. The van der Waals surface area contributed by atoms with Crippen LogP contribution >= 0.6 is 11.6 Å². The van der Waals surface area contributed by atoms with Gasteiger partial charge in [0.15, 0.2) is 0 Å². The second-order valence-corrected chi connectivity index (χ2v) is 7.62. The van der Waals surface area contributed by atoms with Gasteiger partial charge in [-0.15, -0.1) is 0 Å². The number of fused-ring (bicyclic) bond motifs is 1. The van der Waals surface area contributed by atoms with E-state index in [2.05, 4.69) is 33.7 Å². The van der Waals surface area contributed by atoms with E-state index >= 15 is 0 Å². The van der Waals surface area contributed by atoms with Crippen LogP contribution in [0.15, 0.2) is 42.5 Å². The fourth-order valence-electron chi connectivity index (χ4n) is 3.88. The number of urea groups is 1. The minimum atomic E-state index is -0.0543. The van der Waals surface area contributed by atoms with Gasteiger partial charge in [-0.25, -0.2) is 4.79 Å². The molecule has 0 spiro atoms. The Morgan fingerprint density at radius 2 is 2.00 bits per heavy atom. The van der Waals surface area contributed by atoms with Crippen LogP contribution in [0, 0.1) is 0 Å². The number of hydrogen-bond donors (Lipinski definition) is 2. The summed E-state index contributed by atoms with van der Waals surface area (Å²) in [5.74, 6) is 0. The summed E-state index contributed by atoms with van der Waals surface area (Å²) in [6.07, 6.45) is 2.09. The first kappa shape index (κ1) is 18.1. The molecule has 1 fully saturated rings. The Bertz CT molecular complexity index is 826. The molecule has 0 aliphatic carbocycles. The third kappa shape index (κ3) is 4.37. The van der Waals surface area contributed by atoms with Crippen molar-refractivity contribution in [3.05, 3.63) is 58.6 Å². The Labute approximate surface area is 165 Å². The highest BCUT2D eigenvalue weighted by Crippen LogP contribution is 2.27. The Hall–Kier alpha value is -2.24. The number of halogens is 1. The zero-order valence-electron chi connectivity index (χ0n) is 15.4. The first-order chi connectivity index (χ1) is 13.2. The Morgan fingerprint density at radius 1 is 1.11 bits per heavy atom. The molecule has 1 saturated heterocycles. The molecule has 0 radical (unpaired) electrons. The lowest BCUT2D eigenvalue weighted by molar-refractivity contribution is 0.211. The van der Waals surface area contributed by atoms with E-state index in [-0.39, 0.29) is 6.03 Å². The molecule has 6 heteroatoms. The van der Waals surface area contributed by atoms with E-state index in [1.165, 1.54) is 16.8 Å². The number of carbonyl (C=O) groups excluding carboxylic acids is 1. The molecular formula is C21H25ClN4O. The standard InChI is InChI=1S/C21H25ClN4O/c22-18-6-2-7-19(14-18)24-21(27)26-11-3-10-25(12-13-26)15-17-5-1-4-16-8-9-23-20(16)17/h1-2,4-7,14,23H,3,8-13,15H2,(H,24,27). The average molecular weight is 385 g/mol. The van der Waals surface area contributed by atoms with Crippen LogP contribution in [-0.2, 0) is 13.0 Å². The lowest BCUT2D eigenvalue weighted by Gasteiger charge is -2.23. The quantitative estimate of drug-likeness (QED) is 0.839. The molecule has 27 heavy (non-hydrogen) atoms. The van der Waals surface area contributed by atoms with Crippen LogP contribution in [0.4, 0.5) is 16.2 Å². The third-order valence-electron chi connectivity index (χ3n) is 5.28. The molecule has 0 aromatic heterocycles. The van der Waals surface area contributed by atoms with Crippen molar-refractivity contribution in [1.29, 1.82) is 0 Å².